The first-order chi connectivity index (χ1) is 10.3. The summed E-state index contributed by atoms with van der Waals surface area (Å²) in [6, 6.07) is 2.54. The van der Waals surface area contributed by atoms with Gasteiger partial charge in [-0.15, -0.1) is 16.4 Å². The van der Waals surface area contributed by atoms with Gasteiger partial charge in [-0.3, -0.25) is 0 Å². The summed E-state index contributed by atoms with van der Waals surface area (Å²) in [5.41, 5.74) is 1.37. The predicted molar refractivity (Wildman–Crippen MR) is 86.4 cm³/mol. The molecular weight excluding hydrogens is 282 g/mol. The van der Waals surface area contributed by atoms with Crippen molar-refractivity contribution in [1.82, 2.24) is 14.8 Å². The van der Waals surface area contributed by atoms with Crippen LogP contribution in [0.1, 0.15) is 42.2 Å². The fraction of sp³-hybridized carbons (Fsp3) is 0.600. The lowest BCUT2D eigenvalue weighted by molar-refractivity contribution is 0.482. The first-order valence-corrected chi connectivity index (χ1v) is 8.70. The second kappa shape index (κ2) is 5.33. The number of hydrogen-bond acceptors (Lipinski definition) is 5. The smallest absolute Gasteiger partial charge is 0.246 e. The molecule has 21 heavy (non-hydrogen) atoms. The number of aromatic nitrogens is 3. The monoisotopic (exact) mass is 303 g/mol. The maximum absolute atomic E-state index is 4.83. The van der Waals surface area contributed by atoms with E-state index in [4.69, 9.17) is 10.1 Å². The van der Waals surface area contributed by atoms with Gasteiger partial charge in [-0.2, -0.15) is 4.98 Å². The minimum atomic E-state index is 0.340. The number of rotatable bonds is 2. The van der Waals surface area contributed by atoms with Crippen LogP contribution in [0.4, 0.5) is 11.9 Å². The Bertz CT molecular complexity index is 626. The zero-order valence-corrected chi connectivity index (χ0v) is 13.2. The van der Waals surface area contributed by atoms with Crippen LogP contribution < -0.4 is 10.2 Å². The van der Waals surface area contributed by atoms with Crippen molar-refractivity contribution in [3.63, 3.8) is 0 Å². The van der Waals surface area contributed by atoms with E-state index in [9.17, 15) is 0 Å². The summed E-state index contributed by atoms with van der Waals surface area (Å²) in [7, 11) is 0. The molecule has 6 heteroatoms. The van der Waals surface area contributed by atoms with Gasteiger partial charge in [0.2, 0.25) is 11.9 Å². The van der Waals surface area contributed by atoms with Gasteiger partial charge >= 0.3 is 0 Å². The Morgan fingerprint density at radius 3 is 2.90 bits per heavy atom. The van der Waals surface area contributed by atoms with E-state index in [0.717, 1.165) is 38.0 Å². The molecule has 1 unspecified atom stereocenters. The van der Waals surface area contributed by atoms with Gasteiger partial charge in [0.25, 0.3) is 0 Å². The summed E-state index contributed by atoms with van der Waals surface area (Å²) in [6.45, 7) is 5.34. The Morgan fingerprint density at radius 2 is 2.14 bits per heavy atom. The molecule has 0 amide bonds. The van der Waals surface area contributed by atoms with E-state index in [1.165, 1.54) is 29.7 Å². The highest BCUT2D eigenvalue weighted by Crippen LogP contribution is 2.34. The molecule has 0 bridgehead atoms. The molecule has 112 valence electrons. The molecule has 2 aliphatic rings. The third-order valence-corrected chi connectivity index (χ3v) is 5.58. The van der Waals surface area contributed by atoms with Crippen LogP contribution in [-0.2, 0) is 0 Å². The Labute approximate surface area is 129 Å². The van der Waals surface area contributed by atoms with Gasteiger partial charge in [0.1, 0.15) is 0 Å². The van der Waals surface area contributed by atoms with Crippen molar-refractivity contribution in [3.8, 4) is 0 Å². The summed E-state index contributed by atoms with van der Waals surface area (Å²) in [6.07, 6.45) is 4.92. The molecule has 1 fully saturated rings. The quantitative estimate of drug-likeness (QED) is 0.926. The first kappa shape index (κ1) is 13.1. The average molecular weight is 303 g/mol. The van der Waals surface area contributed by atoms with Crippen molar-refractivity contribution in [2.75, 3.05) is 29.9 Å². The SMILES string of the molecule is Cc1ccsc1C1CCNc2nc(N3CCCCC3)nn21. The van der Waals surface area contributed by atoms with E-state index in [2.05, 4.69) is 33.3 Å². The number of thiophene rings is 1. The number of fused-ring (bicyclic) bond motifs is 1. The van der Waals surface area contributed by atoms with Gasteiger partial charge < -0.3 is 10.2 Å². The normalized spacial score (nSPS) is 22.0. The van der Waals surface area contributed by atoms with Crippen molar-refractivity contribution >= 4 is 23.2 Å². The third-order valence-electron chi connectivity index (χ3n) is 4.46. The zero-order chi connectivity index (χ0) is 14.2. The number of hydrogen-bond donors (Lipinski definition) is 1. The van der Waals surface area contributed by atoms with Gasteiger partial charge in [0, 0.05) is 24.5 Å². The largest absolute Gasteiger partial charge is 0.354 e. The molecule has 4 heterocycles. The second-order valence-electron chi connectivity index (χ2n) is 5.93. The number of anilines is 2. The van der Waals surface area contributed by atoms with E-state index in [1.807, 2.05) is 11.3 Å². The molecule has 2 aromatic rings. The van der Waals surface area contributed by atoms with E-state index in [-0.39, 0.29) is 0 Å². The van der Waals surface area contributed by atoms with Crippen molar-refractivity contribution in [3.05, 3.63) is 21.9 Å². The number of piperidine rings is 1. The van der Waals surface area contributed by atoms with Gasteiger partial charge in [0.15, 0.2) is 0 Å². The Kier molecular flexibility index (Phi) is 3.33. The highest BCUT2D eigenvalue weighted by Gasteiger charge is 2.28. The van der Waals surface area contributed by atoms with Crippen molar-refractivity contribution in [2.45, 2.75) is 38.6 Å². The minimum absolute atomic E-state index is 0.340. The van der Waals surface area contributed by atoms with Crippen LogP contribution in [0.25, 0.3) is 0 Å². The average Bonchev–Trinajstić information content (AvgIpc) is 3.14. The minimum Gasteiger partial charge on any atom is -0.354 e. The van der Waals surface area contributed by atoms with E-state index in [1.54, 1.807) is 0 Å². The fourth-order valence-electron chi connectivity index (χ4n) is 3.29. The lowest BCUT2D eigenvalue weighted by Crippen LogP contribution is -2.30. The highest BCUT2D eigenvalue weighted by molar-refractivity contribution is 7.10. The topological polar surface area (TPSA) is 46.0 Å². The summed E-state index contributed by atoms with van der Waals surface area (Å²) in [5, 5.41) is 10.4. The predicted octanol–water partition coefficient (Wildman–Crippen LogP) is 3.04. The summed E-state index contributed by atoms with van der Waals surface area (Å²) < 4.78 is 2.10. The van der Waals surface area contributed by atoms with Crippen molar-refractivity contribution < 1.29 is 0 Å². The number of aryl methyl sites for hydroxylation is 1. The Morgan fingerprint density at radius 1 is 1.29 bits per heavy atom. The molecule has 1 atom stereocenters. The van der Waals surface area contributed by atoms with Gasteiger partial charge in [-0.1, -0.05) is 0 Å². The molecule has 0 radical (unpaired) electrons. The van der Waals surface area contributed by atoms with Crippen molar-refractivity contribution in [2.24, 2.45) is 0 Å². The van der Waals surface area contributed by atoms with Gasteiger partial charge in [-0.25, -0.2) is 4.68 Å². The van der Waals surface area contributed by atoms with Gasteiger partial charge in [-0.05, 0) is 49.6 Å². The maximum Gasteiger partial charge on any atom is 0.246 e. The van der Waals surface area contributed by atoms with Crippen LogP contribution in [0.2, 0.25) is 0 Å². The molecule has 2 aliphatic heterocycles. The molecule has 1 saturated heterocycles. The lowest BCUT2D eigenvalue weighted by atomic mass is 10.1. The second-order valence-corrected chi connectivity index (χ2v) is 6.87. The van der Waals surface area contributed by atoms with Crippen LogP contribution >= 0.6 is 11.3 Å². The number of nitrogens with one attached hydrogen (secondary N) is 1. The van der Waals surface area contributed by atoms with Crippen LogP contribution in [0.5, 0.6) is 0 Å². The molecule has 4 rings (SSSR count). The first-order valence-electron chi connectivity index (χ1n) is 7.82. The molecular formula is C15H21N5S. The summed E-state index contributed by atoms with van der Waals surface area (Å²) in [4.78, 5) is 8.49. The van der Waals surface area contributed by atoms with Crippen molar-refractivity contribution in [1.29, 1.82) is 0 Å². The zero-order valence-electron chi connectivity index (χ0n) is 12.4. The Hall–Kier alpha value is -1.56. The molecule has 1 N–H and O–H groups in total. The van der Waals surface area contributed by atoms with Crippen LogP contribution in [-0.4, -0.2) is 34.4 Å². The molecule has 0 aliphatic carbocycles. The van der Waals surface area contributed by atoms with E-state index in [0.29, 0.717) is 6.04 Å². The fourth-order valence-corrected chi connectivity index (χ4v) is 4.34. The third kappa shape index (κ3) is 2.31. The summed E-state index contributed by atoms with van der Waals surface area (Å²) >= 11 is 1.83. The molecule has 5 nitrogen and oxygen atoms in total. The van der Waals surface area contributed by atoms with Crippen LogP contribution in [0.15, 0.2) is 11.4 Å². The summed E-state index contributed by atoms with van der Waals surface area (Å²) in [5.74, 6) is 1.83. The van der Waals surface area contributed by atoms with Crippen LogP contribution in [0, 0.1) is 6.92 Å². The lowest BCUT2D eigenvalue weighted by Gasteiger charge is -2.25. The van der Waals surface area contributed by atoms with Gasteiger partial charge in [0.05, 0.1) is 6.04 Å². The molecule has 0 aromatic carbocycles. The van der Waals surface area contributed by atoms with Crippen LogP contribution in [0.3, 0.4) is 0 Å². The van der Waals surface area contributed by atoms with E-state index < -0.39 is 0 Å². The molecule has 0 saturated carbocycles. The molecule has 2 aromatic heterocycles. The number of nitrogens with zero attached hydrogens (tertiary/aromatic N) is 4. The maximum atomic E-state index is 4.83. The Balaban J connectivity index is 1.68. The van der Waals surface area contributed by atoms with E-state index >= 15 is 0 Å². The molecule has 0 spiro atoms. The highest BCUT2D eigenvalue weighted by atomic mass is 32.1. The standard InChI is InChI=1S/C15H21N5S/c1-11-6-10-21-13(11)12-5-7-16-14-17-15(18-20(12)14)19-8-3-2-4-9-19/h6,10,12H,2-5,7-9H2,1H3,(H,16,17,18).